The Bertz CT molecular complexity index is 822. The van der Waals surface area contributed by atoms with Gasteiger partial charge >= 0.3 is 5.97 Å². The van der Waals surface area contributed by atoms with Crippen LogP contribution in [0.2, 0.25) is 5.02 Å². The number of halogens is 1. The zero-order valence-corrected chi connectivity index (χ0v) is 17.5. The van der Waals surface area contributed by atoms with Gasteiger partial charge in [-0.2, -0.15) is 0 Å². The van der Waals surface area contributed by atoms with Gasteiger partial charge in [-0.15, -0.1) is 0 Å². The molecule has 0 spiro atoms. The Balaban J connectivity index is 1.58. The number of anilines is 1. The largest absolute Gasteiger partial charge is 0.454 e. The van der Waals surface area contributed by atoms with E-state index in [4.69, 9.17) is 16.3 Å². The number of nitrogens with zero attached hydrogens (tertiary/aromatic N) is 1. The Morgan fingerprint density at radius 1 is 1.17 bits per heavy atom. The smallest absolute Gasteiger partial charge is 0.329 e. The van der Waals surface area contributed by atoms with E-state index in [-0.39, 0.29) is 23.7 Å². The number of carbonyl (C=O) groups is 4. The van der Waals surface area contributed by atoms with Crippen LogP contribution in [0.5, 0.6) is 0 Å². The molecule has 1 N–H and O–H groups in total. The monoisotopic (exact) mass is 420 g/mol. The molecule has 2 aliphatic rings. The maximum atomic E-state index is 12.6. The highest BCUT2D eigenvalue weighted by Crippen LogP contribution is 2.39. The highest BCUT2D eigenvalue weighted by molar-refractivity contribution is 6.34. The number of nitrogens with one attached hydrogen (secondary N) is 1. The molecule has 1 aliphatic carbocycles. The molecule has 3 rings (SSSR count). The van der Waals surface area contributed by atoms with Crippen LogP contribution in [-0.2, 0) is 23.9 Å². The zero-order valence-electron chi connectivity index (χ0n) is 16.8. The summed E-state index contributed by atoms with van der Waals surface area (Å²) in [5.74, 6) is -2.62. The molecule has 1 aromatic rings. The molecule has 156 valence electrons. The van der Waals surface area contributed by atoms with Gasteiger partial charge in [0, 0.05) is 0 Å². The van der Waals surface area contributed by atoms with Crippen LogP contribution in [0.15, 0.2) is 12.1 Å². The third kappa shape index (κ3) is 4.29. The minimum absolute atomic E-state index is 0.310. The van der Waals surface area contributed by atoms with Crippen LogP contribution in [0, 0.1) is 25.7 Å². The molecule has 1 aromatic carbocycles. The standard InChI is InChI=1S/C21H25ClN2O5/c1-11-8-12(2)18(16(22)9-11)23-17(25)10-29-21(28)13(3)24-19(26)14-6-4-5-7-15(14)20(24)27/h8-9,13-15H,4-7,10H2,1-3H3,(H,23,25)/t13-,14-,15+/m0/s1. The van der Waals surface area contributed by atoms with E-state index in [0.29, 0.717) is 23.6 Å². The molecular weight excluding hydrogens is 396 g/mol. The van der Waals surface area contributed by atoms with Gasteiger partial charge in [0.25, 0.3) is 5.91 Å². The number of imide groups is 1. The number of amides is 3. The molecule has 2 fully saturated rings. The molecule has 3 amide bonds. The Morgan fingerprint density at radius 2 is 1.76 bits per heavy atom. The number of hydrogen-bond donors (Lipinski definition) is 1. The van der Waals surface area contributed by atoms with Crippen LogP contribution < -0.4 is 5.32 Å². The molecule has 1 heterocycles. The first-order valence-electron chi connectivity index (χ1n) is 9.81. The molecule has 29 heavy (non-hydrogen) atoms. The molecule has 0 bridgehead atoms. The highest BCUT2D eigenvalue weighted by atomic mass is 35.5. The van der Waals surface area contributed by atoms with Crippen molar-refractivity contribution in [1.82, 2.24) is 4.90 Å². The summed E-state index contributed by atoms with van der Waals surface area (Å²) in [6.45, 7) is 4.63. The van der Waals surface area contributed by atoms with E-state index in [9.17, 15) is 19.2 Å². The second kappa shape index (κ2) is 8.53. The van der Waals surface area contributed by atoms with Crippen molar-refractivity contribution in [2.24, 2.45) is 11.8 Å². The van der Waals surface area contributed by atoms with E-state index in [1.807, 2.05) is 19.9 Å². The number of ether oxygens (including phenoxy) is 1. The number of likely N-dealkylation sites (tertiary alicyclic amines) is 1. The number of hydrogen-bond acceptors (Lipinski definition) is 5. The van der Waals surface area contributed by atoms with E-state index in [1.54, 1.807) is 6.07 Å². The third-order valence-corrected chi connectivity index (χ3v) is 5.94. The zero-order chi connectivity index (χ0) is 21.3. The minimum atomic E-state index is -1.06. The molecule has 7 nitrogen and oxygen atoms in total. The van der Waals surface area contributed by atoms with Crippen LogP contribution in [-0.4, -0.2) is 41.2 Å². The fraction of sp³-hybridized carbons (Fsp3) is 0.524. The number of carbonyl (C=O) groups excluding carboxylic acids is 4. The number of aryl methyl sites for hydroxylation is 2. The summed E-state index contributed by atoms with van der Waals surface area (Å²) in [7, 11) is 0. The normalized spacial score (nSPS) is 22.3. The van der Waals surface area contributed by atoms with Crippen LogP contribution in [0.3, 0.4) is 0 Å². The average molecular weight is 421 g/mol. The summed E-state index contributed by atoms with van der Waals surface area (Å²) < 4.78 is 5.06. The molecule has 0 radical (unpaired) electrons. The van der Waals surface area contributed by atoms with Crippen LogP contribution in [0.4, 0.5) is 5.69 Å². The predicted molar refractivity (Wildman–Crippen MR) is 107 cm³/mol. The van der Waals surface area contributed by atoms with E-state index >= 15 is 0 Å². The quantitative estimate of drug-likeness (QED) is 0.583. The molecule has 0 unspecified atom stereocenters. The maximum absolute atomic E-state index is 12.6. The lowest BCUT2D eigenvalue weighted by molar-refractivity contribution is -0.159. The molecule has 8 heteroatoms. The molecule has 0 aromatic heterocycles. The predicted octanol–water partition coefficient (Wildman–Crippen LogP) is 3.00. The molecule has 1 saturated heterocycles. The lowest BCUT2D eigenvalue weighted by Crippen LogP contribution is -2.45. The van der Waals surface area contributed by atoms with Gasteiger partial charge in [0.1, 0.15) is 6.04 Å². The molecular formula is C21H25ClN2O5. The lowest BCUT2D eigenvalue weighted by atomic mass is 9.81. The maximum Gasteiger partial charge on any atom is 0.329 e. The number of fused-ring (bicyclic) bond motifs is 1. The summed E-state index contributed by atoms with van der Waals surface area (Å²) in [6, 6.07) is 2.54. The fourth-order valence-electron chi connectivity index (χ4n) is 4.18. The van der Waals surface area contributed by atoms with Gasteiger partial charge in [-0.25, -0.2) is 4.79 Å². The summed E-state index contributed by atoms with van der Waals surface area (Å²) in [5, 5.41) is 3.03. The summed E-state index contributed by atoms with van der Waals surface area (Å²) in [6.07, 6.45) is 3.17. The van der Waals surface area contributed by atoms with Gasteiger partial charge in [0.05, 0.1) is 22.5 Å². The lowest BCUT2D eigenvalue weighted by Gasteiger charge is -2.21. The Labute approximate surface area is 174 Å². The van der Waals surface area contributed by atoms with Crippen molar-refractivity contribution in [2.45, 2.75) is 52.5 Å². The van der Waals surface area contributed by atoms with Crippen LogP contribution in [0.1, 0.15) is 43.7 Å². The number of benzene rings is 1. The first-order chi connectivity index (χ1) is 13.7. The third-order valence-electron chi connectivity index (χ3n) is 5.65. The molecule has 1 saturated carbocycles. The Morgan fingerprint density at radius 3 is 2.31 bits per heavy atom. The Hall–Kier alpha value is -2.41. The van der Waals surface area contributed by atoms with Crippen molar-refractivity contribution < 1.29 is 23.9 Å². The Kier molecular flexibility index (Phi) is 6.27. The van der Waals surface area contributed by atoms with Gasteiger partial charge in [0.2, 0.25) is 11.8 Å². The minimum Gasteiger partial charge on any atom is -0.454 e. The van der Waals surface area contributed by atoms with Gasteiger partial charge < -0.3 is 10.1 Å². The summed E-state index contributed by atoms with van der Waals surface area (Å²) in [4.78, 5) is 50.8. The average Bonchev–Trinajstić information content (AvgIpc) is 2.93. The molecule has 1 aliphatic heterocycles. The van der Waals surface area contributed by atoms with E-state index in [0.717, 1.165) is 28.9 Å². The van der Waals surface area contributed by atoms with Crippen molar-refractivity contribution >= 4 is 41.0 Å². The second-order valence-corrected chi connectivity index (χ2v) is 8.22. The number of rotatable bonds is 5. The van der Waals surface area contributed by atoms with Crippen LogP contribution in [0.25, 0.3) is 0 Å². The number of esters is 1. The van der Waals surface area contributed by atoms with Gasteiger partial charge in [0.15, 0.2) is 6.61 Å². The fourth-order valence-corrected chi connectivity index (χ4v) is 4.55. The first kappa shape index (κ1) is 21.3. The van der Waals surface area contributed by atoms with Crippen LogP contribution >= 0.6 is 11.6 Å². The van der Waals surface area contributed by atoms with Gasteiger partial charge in [-0.3, -0.25) is 19.3 Å². The van der Waals surface area contributed by atoms with Crippen molar-refractivity contribution in [2.75, 3.05) is 11.9 Å². The SMILES string of the molecule is Cc1cc(C)c(NC(=O)COC(=O)[C@H](C)N2C(=O)[C@H]3CCCC[C@H]3C2=O)c(Cl)c1. The van der Waals surface area contributed by atoms with Crippen molar-refractivity contribution in [3.05, 3.63) is 28.3 Å². The highest BCUT2D eigenvalue weighted by Gasteiger charge is 2.51. The van der Waals surface area contributed by atoms with Gasteiger partial charge in [-0.1, -0.05) is 30.5 Å². The first-order valence-corrected chi connectivity index (χ1v) is 10.2. The van der Waals surface area contributed by atoms with Crippen molar-refractivity contribution in [3.63, 3.8) is 0 Å². The van der Waals surface area contributed by atoms with E-state index in [2.05, 4.69) is 5.32 Å². The van der Waals surface area contributed by atoms with Crippen molar-refractivity contribution in [3.8, 4) is 0 Å². The molecule has 3 atom stereocenters. The summed E-state index contributed by atoms with van der Waals surface area (Å²) >= 11 is 6.17. The van der Waals surface area contributed by atoms with E-state index < -0.39 is 24.5 Å². The second-order valence-electron chi connectivity index (χ2n) is 7.81. The van der Waals surface area contributed by atoms with Gasteiger partial charge in [-0.05, 0) is 50.8 Å². The van der Waals surface area contributed by atoms with Crippen molar-refractivity contribution in [1.29, 1.82) is 0 Å². The topological polar surface area (TPSA) is 92.8 Å². The van der Waals surface area contributed by atoms with E-state index in [1.165, 1.54) is 6.92 Å². The summed E-state index contributed by atoms with van der Waals surface area (Å²) in [5.41, 5.74) is 2.21.